The van der Waals surface area contributed by atoms with Gasteiger partial charge in [-0.25, -0.2) is 4.79 Å². The molecule has 5 nitrogen and oxygen atoms in total. The van der Waals surface area contributed by atoms with Crippen LogP contribution < -0.4 is 9.47 Å². The highest BCUT2D eigenvalue weighted by molar-refractivity contribution is 7.99. The molecule has 0 spiro atoms. The van der Waals surface area contributed by atoms with Crippen molar-refractivity contribution in [2.24, 2.45) is 0 Å². The fourth-order valence-electron chi connectivity index (χ4n) is 2.89. The molecular weight excluding hydrogens is 326 g/mol. The number of ether oxygens (including phenoxy) is 2. The zero-order valence-corrected chi connectivity index (χ0v) is 15.5. The summed E-state index contributed by atoms with van der Waals surface area (Å²) >= 11 is 1.86. The van der Waals surface area contributed by atoms with E-state index in [-0.39, 0.29) is 0 Å². The third-order valence-corrected chi connectivity index (χ3v) is 5.72. The Bertz CT molecular complexity index is 544. The van der Waals surface area contributed by atoms with Gasteiger partial charge >= 0.3 is 5.97 Å². The van der Waals surface area contributed by atoms with Crippen molar-refractivity contribution in [3.8, 4) is 11.5 Å². The monoisotopic (exact) mass is 353 g/mol. The lowest BCUT2D eigenvalue weighted by atomic mass is 9.91. The smallest absolute Gasteiger partial charge is 0.348 e. The van der Waals surface area contributed by atoms with E-state index < -0.39 is 11.6 Å². The van der Waals surface area contributed by atoms with E-state index in [1.165, 1.54) is 0 Å². The topological polar surface area (TPSA) is 59.0 Å². The van der Waals surface area contributed by atoms with Crippen LogP contribution in [-0.2, 0) is 4.79 Å². The second-order valence-electron chi connectivity index (χ2n) is 6.23. The second-order valence-corrected chi connectivity index (χ2v) is 7.51. The molecule has 1 saturated heterocycles. The number of aliphatic carboxylic acids is 1. The van der Waals surface area contributed by atoms with Crippen molar-refractivity contribution in [1.29, 1.82) is 0 Å². The Morgan fingerprint density at radius 1 is 1.33 bits per heavy atom. The van der Waals surface area contributed by atoms with Crippen LogP contribution in [0.25, 0.3) is 0 Å². The van der Waals surface area contributed by atoms with Crippen LogP contribution in [-0.4, -0.2) is 59.8 Å². The number of nitrogens with zero attached hydrogens (tertiary/aromatic N) is 1. The second kappa shape index (κ2) is 8.62. The Hall–Kier alpha value is -1.40. The van der Waals surface area contributed by atoms with E-state index in [9.17, 15) is 9.90 Å². The summed E-state index contributed by atoms with van der Waals surface area (Å²) in [6.45, 7) is 4.71. The van der Waals surface area contributed by atoms with Crippen molar-refractivity contribution in [2.75, 3.05) is 33.0 Å². The summed E-state index contributed by atoms with van der Waals surface area (Å²) in [7, 11) is 1.56. The van der Waals surface area contributed by atoms with Crippen LogP contribution in [0, 0.1) is 0 Å². The lowest BCUT2D eigenvalue weighted by Crippen LogP contribution is -2.53. The molecule has 2 rings (SSSR count). The van der Waals surface area contributed by atoms with E-state index in [4.69, 9.17) is 9.47 Å². The first-order chi connectivity index (χ1) is 11.5. The number of benzene rings is 1. The maximum absolute atomic E-state index is 11.9. The van der Waals surface area contributed by atoms with Gasteiger partial charge in [-0.3, -0.25) is 0 Å². The highest BCUT2D eigenvalue weighted by atomic mass is 32.2. The van der Waals surface area contributed by atoms with Gasteiger partial charge < -0.3 is 19.5 Å². The van der Waals surface area contributed by atoms with Gasteiger partial charge in [0, 0.05) is 31.2 Å². The normalized spacial score (nSPS) is 18.8. The number of rotatable bonds is 8. The minimum atomic E-state index is -1.17. The average molecular weight is 353 g/mol. The first kappa shape index (κ1) is 18.9. The highest BCUT2D eigenvalue weighted by Crippen LogP contribution is 2.34. The molecule has 1 aliphatic rings. The number of hydrogen-bond donors (Lipinski definition) is 1. The van der Waals surface area contributed by atoms with Gasteiger partial charge in [-0.15, -0.1) is 0 Å². The first-order valence-corrected chi connectivity index (χ1v) is 9.60. The zero-order chi connectivity index (χ0) is 17.6. The average Bonchev–Trinajstić information content (AvgIpc) is 2.61. The van der Waals surface area contributed by atoms with Crippen molar-refractivity contribution in [1.82, 2.24) is 4.90 Å². The van der Waals surface area contributed by atoms with Crippen LogP contribution in [0.15, 0.2) is 24.3 Å². The summed E-state index contributed by atoms with van der Waals surface area (Å²) in [5, 5.41) is 10.4. The van der Waals surface area contributed by atoms with E-state index in [1.807, 2.05) is 23.9 Å². The van der Waals surface area contributed by atoms with Crippen molar-refractivity contribution in [2.45, 2.75) is 37.0 Å². The number of para-hydroxylation sites is 2. The number of hydrogen-bond acceptors (Lipinski definition) is 5. The molecule has 24 heavy (non-hydrogen) atoms. The largest absolute Gasteiger partial charge is 0.493 e. The molecule has 1 unspecified atom stereocenters. The quantitative estimate of drug-likeness (QED) is 0.775. The molecule has 1 fully saturated rings. The highest BCUT2D eigenvalue weighted by Gasteiger charge is 2.44. The van der Waals surface area contributed by atoms with Crippen LogP contribution in [0.5, 0.6) is 11.5 Å². The Labute approximate surface area is 148 Å². The summed E-state index contributed by atoms with van der Waals surface area (Å²) in [5.41, 5.74) is -1.17. The number of thioether (sulfide) groups is 1. The van der Waals surface area contributed by atoms with Crippen LogP contribution >= 0.6 is 11.8 Å². The summed E-state index contributed by atoms with van der Waals surface area (Å²) in [6, 6.07) is 7.21. The first-order valence-electron chi connectivity index (χ1n) is 8.31. The van der Waals surface area contributed by atoms with Gasteiger partial charge in [-0.1, -0.05) is 19.1 Å². The summed E-state index contributed by atoms with van der Waals surface area (Å²) in [6.07, 6.45) is 4.20. The molecule has 6 heteroatoms. The molecule has 0 aliphatic carbocycles. The number of piperidine rings is 1. The van der Waals surface area contributed by atoms with E-state index in [1.54, 1.807) is 19.2 Å². The number of carboxylic acids is 1. The Kier molecular flexibility index (Phi) is 6.80. The van der Waals surface area contributed by atoms with Gasteiger partial charge in [0.15, 0.2) is 11.5 Å². The van der Waals surface area contributed by atoms with Gasteiger partial charge in [-0.05, 0) is 31.4 Å². The lowest BCUT2D eigenvalue weighted by molar-refractivity contribution is -0.159. The number of likely N-dealkylation sites (tertiary alicyclic amines) is 1. The minimum absolute atomic E-state index is 0.480. The fourth-order valence-corrected chi connectivity index (χ4v) is 3.23. The van der Waals surface area contributed by atoms with E-state index >= 15 is 0 Å². The zero-order valence-electron chi connectivity index (χ0n) is 14.7. The molecule has 0 aromatic heterocycles. The molecule has 1 N–H and O–H groups in total. The molecule has 0 bridgehead atoms. The standard InChI is InChI=1S/C18H27NO4S/c1-14(24-3)8-11-19-12-9-18(10-13-19,17(20)21)23-16-7-5-4-6-15(16)22-2/h4-7,14H,8-13H2,1-3H3,(H,20,21). The SMILES string of the molecule is COc1ccccc1OC1(C(=O)O)CCN(CCC(C)SC)CC1. The van der Waals surface area contributed by atoms with Crippen LogP contribution in [0.3, 0.4) is 0 Å². The number of carboxylic acid groups (broad SMARTS) is 1. The van der Waals surface area contributed by atoms with E-state index in [2.05, 4.69) is 18.1 Å². The van der Waals surface area contributed by atoms with E-state index in [0.717, 1.165) is 26.1 Å². The third kappa shape index (κ3) is 4.57. The molecule has 134 valence electrons. The fraction of sp³-hybridized carbons (Fsp3) is 0.611. The third-order valence-electron chi connectivity index (χ3n) is 4.68. The summed E-state index contributed by atoms with van der Waals surface area (Å²) < 4.78 is 11.2. The van der Waals surface area contributed by atoms with Crippen LogP contribution in [0.4, 0.5) is 0 Å². The molecule has 1 heterocycles. The molecule has 0 radical (unpaired) electrons. The van der Waals surface area contributed by atoms with Gasteiger partial charge in [0.05, 0.1) is 7.11 Å². The van der Waals surface area contributed by atoms with Crippen LogP contribution in [0.2, 0.25) is 0 Å². The summed E-state index contributed by atoms with van der Waals surface area (Å²) in [5.74, 6) is 0.159. The molecule has 1 aliphatic heterocycles. The van der Waals surface area contributed by atoms with Crippen molar-refractivity contribution >= 4 is 17.7 Å². The Morgan fingerprint density at radius 2 is 1.96 bits per heavy atom. The van der Waals surface area contributed by atoms with Gasteiger partial charge in [0.2, 0.25) is 5.60 Å². The molecule has 1 aromatic carbocycles. The van der Waals surface area contributed by atoms with Gasteiger partial charge in [-0.2, -0.15) is 11.8 Å². The number of methoxy groups -OCH3 is 1. The molecular formula is C18H27NO4S. The van der Waals surface area contributed by atoms with Gasteiger partial charge in [0.25, 0.3) is 0 Å². The maximum Gasteiger partial charge on any atom is 0.348 e. The van der Waals surface area contributed by atoms with Crippen molar-refractivity contribution in [3.63, 3.8) is 0 Å². The van der Waals surface area contributed by atoms with Crippen molar-refractivity contribution in [3.05, 3.63) is 24.3 Å². The lowest BCUT2D eigenvalue weighted by Gasteiger charge is -2.39. The predicted octanol–water partition coefficient (Wildman–Crippen LogP) is 3.13. The Morgan fingerprint density at radius 3 is 2.50 bits per heavy atom. The van der Waals surface area contributed by atoms with Crippen molar-refractivity contribution < 1.29 is 19.4 Å². The molecule has 0 saturated carbocycles. The maximum atomic E-state index is 11.9. The van der Waals surface area contributed by atoms with Gasteiger partial charge in [0.1, 0.15) is 0 Å². The summed E-state index contributed by atoms with van der Waals surface area (Å²) in [4.78, 5) is 14.2. The Balaban J connectivity index is 2.02. The molecule has 1 aromatic rings. The predicted molar refractivity (Wildman–Crippen MR) is 97.3 cm³/mol. The molecule has 0 amide bonds. The van der Waals surface area contributed by atoms with E-state index in [0.29, 0.717) is 29.6 Å². The minimum Gasteiger partial charge on any atom is -0.493 e. The number of carbonyl (C=O) groups is 1. The van der Waals surface area contributed by atoms with Crippen LogP contribution in [0.1, 0.15) is 26.2 Å². The molecule has 1 atom stereocenters.